The summed E-state index contributed by atoms with van der Waals surface area (Å²) in [6.07, 6.45) is 3.42. The predicted molar refractivity (Wildman–Crippen MR) is 87.4 cm³/mol. The number of furan rings is 1. The molecule has 1 N–H and O–H groups in total. The molecule has 2 aromatic heterocycles. The number of H-pyrrole nitrogens is 1. The van der Waals surface area contributed by atoms with E-state index in [2.05, 4.69) is 4.98 Å². The van der Waals surface area contributed by atoms with Gasteiger partial charge < -0.3 is 19.0 Å². The van der Waals surface area contributed by atoms with Crippen LogP contribution < -0.4 is 0 Å². The average molecular weight is 366 g/mol. The number of hydrogen-bond acceptors (Lipinski definition) is 6. The fourth-order valence-corrected chi connectivity index (χ4v) is 4.49. The first-order valence-corrected chi connectivity index (χ1v) is 9.59. The minimum absolute atomic E-state index is 0.0435. The average Bonchev–Trinajstić information content (AvgIpc) is 3.31. The zero-order valence-electron chi connectivity index (χ0n) is 13.4. The third-order valence-electron chi connectivity index (χ3n) is 4.02. The first kappa shape index (κ1) is 17.3. The van der Waals surface area contributed by atoms with Gasteiger partial charge in [-0.2, -0.15) is 0 Å². The highest BCUT2D eigenvalue weighted by Gasteiger charge is 2.35. The van der Waals surface area contributed by atoms with Crippen LogP contribution >= 0.6 is 0 Å². The van der Waals surface area contributed by atoms with E-state index in [0.717, 1.165) is 0 Å². The monoisotopic (exact) mass is 366 g/mol. The van der Waals surface area contributed by atoms with Gasteiger partial charge in [-0.15, -0.1) is 0 Å². The minimum atomic E-state index is -3.16. The molecule has 0 unspecified atom stereocenters. The molecule has 0 spiro atoms. The molecule has 0 aliphatic carbocycles. The molecule has 1 saturated heterocycles. The number of amides is 1. The summed E-state index contributed by atoms with van der Waals surface area (Å²) < 4.78 is 33.8. The highest BCUT2D eigenvalue weighted by atomic mass is 32.2. The minimum Gasteiger partial charge on any atom is -0.467 e. The van der Waals surface area contributed by atoms with Crippen LogP contribution in [0.25, 0.3) is 0 Å². The molecule has 2 aromatic rings. The number of nitrogens with zero attached hydrogens (tertiary/aromatic N) is 1. The molecule has 134 valence electrons. The second kappa shape index (κ2) is 7.14. The zero-order valence-corrected chi connectivity index (χ0v) is 14.2. The number of carbonyl (C=O) groups excluding carboxylic acids is 2. The van der Waals surface area contributed by atoms with E-state index in [-0.39, 0.29) is 23.7 Å². The van der Waals surface area contributed by atoms with Gasteiger partial charge in [-0.3, -0.25) is 4.79 Å². The number of nitrogens with one attached hydrogen (secondary N) is 1. The Labute approximate surface area is 144 Å². The van der Waals surface area contributed by atoms with Crippen molar-refractivity contribution in [3.05, 3.63) is 48.2 Å². The van der Waals surface area contributed by atoms with Gasteiger partial charge in [0.15, 0.2) is 16.4 Å². The summed E-state index contributed by atoms with van der Waals surface area (Å²) in [5.74, 6) is -0.617. The quantitative estimate of drug-likeness (QED) is 0.763. The summed E-state index contributed by atoms with van der Waals surface area (Å²) >= 11 is 0. The Balaban J connectivity index is 1.67. The summed E-state index contributed by atoms with van der Waals surface area (Å²) in [7, 11) is -3.16. The number of aromatic nitrogens is 1. The van der Waals surface area contributed by atoms with E-state index in [1.165, 1.54) is 17.2 Å². The molecule has 3 rings (SSSR count). The third-order valence-corrected chi connectivity index (χ3v) is 5.77. The van der Waals surface area contributed by atoms with Gasteiger partial charge in [0, 0.05) is 12.2 Å². The van der Waals surface area contributed by atoms with Crippen LogP contribution in [0, 0.1) is 0 Å². The molecule has 25 heavy (non-hydrogen) atoms. The van der Waals surface area contributed by atoms with Gasteiger partial charge >= 0.3 is 5.97 Å². The number of hydrogen-bond donors (Lipinski definition) is 1. The zero-order chi connectivity index (χ0) is 17.9. The predicted octanol–water partition coefficient (Wildman–Crippen LogP) is 0.980. The van der Waals surface area contributed by atoms with Crippen molar-refractivity contribution in [2.45, 2.75) is 19.0 Å². The Morgan fingerprint density at radius 2 is 2.16 bits per heavy atom. The normalized spacial score (nSPS) is 18.8. The van der Waals surface area contributed by atoms with E-state index in [1.54, 1.807) is 24.4 Å². The number of aromatic amines is 1. The van der Waals surface area contributed by atoms with Crippen LogP contribution in [0.3, 0.4) is 0 Å². The Bertz CT molecular complexity index is 826. The number of esters is 1. The topological polar surface area (TPSA) is 110 Å². The number of ether oxygens (including phenoxy) is 1. The lowest BCUT2D eigenvalue weighted by Crippen LogP contribution is -2.42. The van der Waals surface area contributed by atoms with Crippen LogP contribution in [-0.4, -0.2) is 54.3 Å². The van der Waals surface area contributed by atoms with Gasteiger partial charge in [0.05, 0.1) is 24.3 Å². The maximum Gasteiger partial charge on any atom is 0.355 e. The summed E-state index contributed by atoms with van der Waals surface area (Å²) in [5, 5.41) is 0. The van der Waals surface area contributed by atoms with Crippen molar-refractivity contribution < 1.29 is 27.2 Å². The number of sulfone groups is 1. The molecule has 3 heterocycles. The molecule has 1 fully saturated rings. The molecule has 1 aliphatic rings. The van der Waals surface area contributed by atoms with Crippen LogP contribution in [0.1, 0.15) is 22.7 Å². The smallest absolute Gasteiger partial charge is 0.355 e. The molecular formula is C16H18N2O6S. The van der Waals surface area contributed by atoms with Gasteiger partial charge in [-0.05, 0) is 30.7 Å². The fourth-order valence-electron chi connectivity index (χ4n) is 2.76. The molecule has 0 radical (unpaired) electrons. The molecule has 1 atom stereocenters. The summed E-state index contributed by atoms with van der Waals surface area (Å²) in [6.45, 7) is -0.332. The van der Waals surface area contributed by atoms with Crippen molar-refractivity contribution in [1.82, 2.24) is 9.88 Å². The van der Waals surface area contributed by atoms with E-state index in [4.69, 9.17) is 9.15 Å². The lowest BCUT2D eigenvalue weighted by molar-refractivity contribution is -0.137. The van der Waals surface area contributed by atoms with Crippen molar-refractivity contribution in [3.63, 3.8) is 0 Å². The Hall–Kier alpha value is -2.55. The van der Waals surface area contributed by atoms with E-state index in [9.17, 15) is 18.0 Å². The second-order valence-corrected chi connectivity index (χ2v) is 8.05. The molecule has 1 aliphatic heterocycles. The third kappa shape index (κ3) is 4.30. The summed E-state index contributed by atoms with van der Waals surface area (Å²) in [4.78, 5) is 28.5. The molecule has 8 nitrogen and oxygen atoms in total. The van der Waals surface area contributed by atoms with Crippen molar-refractivity contribution in [2.75, 3.05) is 18.1 Å². The van der Waals surface area contributed by atoms with Crippen LogP contribution in [-0.2, 0) is 25.9 Å². The van der Waals surface area contributed by atoms with Gasteiger partial charge in [0.1, 0.15) is 11.5 Å². The molecule has 1 amide bonds. The largest absolute Gasteiger partial charge is 0.467 e. The maximum absolute atomic E-state index is 12.5. The van der Waals surface area contributed by atoms with Crippen molar-refractivity contribution in [1.29, 1.82) is 0 Å². The first-order valence-electron chi connectivity index (χ1n) is 7.77. The lowest BCUT2D eigenvalue weighted by Gasteiger charge is -2.27. The number of carbonyl (C=O) groups is 2. The van der Waals surface area contributed by atoms with E-state index < -0.39 is 34.4 Å². The first-order chi connectivity index (χ1) is 11.9. The van der Waals surface area contributed by atoms with Crippen LogP contribution in [0.5, 0.6) is 0 Å². The van der Waals surface area contributed by atoms with Gasteiger partial charge in [0.2, 0.25) is 0 Å². The van der Waals surface area contributed by atoms with Crippen molar-refractivity contribution in [2.24, 2.45) is 0 Å². The van der Waals surface area contributed by atoms with Crippen molar-refractivity contribution in [3.8, 4) is 0 Å². The summed E-state index contributed by atoms with van der Waals surface area (Å²) in [5.41, 5.74) is 0.244. The maximum atomic E-state index is 12.5. The van der Waals surface area contributed by atoms with Gasteiger partial charge in [-0.1, -0.05) is 0 Å². The fraction of sp³-hybridized carbons (Fsp3) is 0.375. The molecule has 9 heteroatoms. The second-order valence-electron chi connectivity index (χ2n) is 5.82. The van der Waals surface area contributed by atoms with E-state index in [0.29, 0.717) is 12.2 Å². The molecule has 0 saturated carbocycles. The standard InChI is InChI=1S/C16H18N2O6S/c19-15(10-24-16(20)14-4-1-6-17-14)18(9-13-3-2-7-23-13)12-5-8-25(21,22)11-12/h1-4,6-7,12,17H,5,8-11H2/t12-/m1/s1. The molecule has 0 bridgehead atoms. The number of rotatable bonds is 6. The van der Waals surface area contributed by atoms with Crippen LogP contribution in [0.4, 0.5) is 0 Å². The summed E-state index contributed by atoms with van der Waals surface area (Å²) in [6, 6.07) is 6.12. The lowest BCUT2D eigenvalue weighted by atomic mass is 10.2. The highest BCUT2D eigenvalue weighted by Crippen LogP contribution is 2.20. The molecule has 0 aromatic carbocycles. The molecular weight excluding hydrogens is 348 g/mol. The van der Waals surface area contributed by atoms with Gasteiger partial charge in [0.25, 0.3) is 5.91 Å². The van der Waals surface area contributed by atoms with Crippen LogP contribution in [0.2, 0.25) is 0 Å². The SMILES string of the molecule is O=C(OCC(=O)N(Cc1ccco1)[C@@H]1CCS(=O)(=O)C1)c1ccc[nH]1. The van der Waals surface area contributed by atoms with Crippen molar-refractivity contribution >= 4 is 21.7 Å². The highest BCUT2D eigenvalue weighted by molar-refractivity contribution is 7.91. The van der Waals surface area contributed by atoms with E-state index >= 15 is 0 Å². The Morgan fingerprint density at radius 3 is 2.76 bits per heavy atom. The Morgan fingerprint density at radius 1 is 1.32 bits per heavy atom. The van der Waals surface area contributed by atoms with E-state index in [1.807, 2.05) is 0 Å². The van der Waals surface area contributed by atoms with Crippen LogP contribution in [0.15, 0.2) is 41.1 Å². The Kier molecular flexibility index (Phi) is 4.93. The van der Waals surface area contributed by atoms with Gasteiger partial charge in [-0.25, -0.2) is 13.2 Å².